The summed E-state index contributed by atoms with van der Waals surface area (Å²) >= 11 is 0. The van der Waals surface area contributed by atoms with Gasteiger partial charge in [-0.3, -0.25) is 0 Å². The normalized spacial score (nSPS) is 12.8. The van der Waals surface area contributed by atoms with Crippen LogP contribution in [0.1, 0.15) is 40.8 Å². The minimum atomic E-state index is -0.926. The molecule has 0 radical (unpaired) electrons. The van der Waals surface area contributed by atoms with E-state index in [2.05, 4.69) is 34.6 Å². The topological polar surface area (TPSA) is 89.7 Å². The molecule has 5 aromatic rings. The summed E-state index contributed by atoms with van der Waals surface area (Å²) < 4.78 is 16.5. The van der Waals surface area contributed by atoms with Gasteiger partial charge in [0.05, 0.1) is 13.7 Å². The van der Waals surface area contributed by atoms with Gasteiger partial charge in [-0.05, 0) is 58.5 Å². The van der Waals surface area contributed by atoms with Crippen molar-refractivity contribution in [3.05, 3.63) is 125 Å². The first-order valence-corrected chi connectivity index (χ1v) is 14.5. The van der Waals surface area contributed by atoms with E-state index in [0.29, 0.717) is 6.42 Å². The summed E-state index contributed by atoms with van der Waals surface area (Å²) in [6.45, 7) is 2.11. The zero-order chi connectivity index (χ0) is 29.8. The minimum absolute atomic E-state index is 0.0797. The first-order chi connectivity index (χ1) is 21.1. The van der Waals surface area contributed by atoms with Crippen LogP contribution in [0.2, 0.25) is 0 Å². The van der Waals surface area contributed by atoms with Gasteiger partial charge in [0.1, 0.15) is 18.4 Å². The summed E-state index contributed by atoms with van der Waals surface area (Å²) in [7, 11) is 1.64. The average molecular weight is 575 g/mol. The summed E-state index contributed by atoms with van der Waals surface area (Å²) in [5.41, 5.74) is 8.52. The van der Waals surface area contributed by atoms with Crippen LogP contribution >= 0.6 is 0 Å². The number of hydrogen-bond acceptors (Lipinski definition) is 5. The van der Waals surface area contributed by atoms with Crippen LogP contribution in [-0.2, 0) is 27.1 Å². The fraction of sp³-hybridized carbons (Fsp3) is 0.222. The summed E-state index contributed by atoms with van der Waals surface area (Å²) in [6, 6.07) is 31.3. The highest BCUT2D eigenvalue weighted by atomic mass is 16.6. The predicted octanol–water partition coefficient (Wildman–Crippen LogP) is 6.78. The zero-order valence-electron chi connectivity index (χ0n) is 24.3. The number of fused-ring (bicyclic) bond motifs is 4. The van der Waals surface area contributed by atoms with E-state index in [0.717, 1.165) is 55.7 Å². The molecule has 0 saturated carbocycles. The number of amides is 1. The lowest BCUT2D eigenvalue weighted by Gasteiger charge is -2.19. The van der Waals surface area contributed by atoms with Gasteiger partial charge in [-0.25, -0.2) is 9.59 Å². The average Bonchev–Trinajstić information content (AvgIpc) is 3.55. The molecular formula is C36H34N2O5. The first kappa shape index (κ1) is 28.1. The van der Waals surface area contributed by atoms with E-state index in [-0.39, 0.29) is 25.6 Å². The Labute approximate surface area is 250 Å². The summed E-state index contributed by atoms with van der Waals surface area (Å²) in [5.74, 6) is 0.205. The molecule has 1 aromatic heterocycles. The van der Waals surface area contributed by atoms with Crippen molar-refractivity contribution in [3.8, 4) is 16.9 Å². The SMILES string of the molecule is CCOC(=O)[C@H](Cc1c(Cc2ccc(OC)cc2)[nH]c2ccccc12)NC(=O)OCC1c2ccccc2-c2ccccc21. The van der Waals surface area contributed by atoms with Crippen molar-refractivity contribution < 1.29 is 23.8 Å². The maximum Gasteiger partial charge on any atom is 0.407 e. The van der Waals surface area contributed by atoms with E-state index in [1.807, 2.05) is 72.8 Å². The first-order valence-electron chi connectivity index (χ1n) is 14.5. The summed E-state index contributed by atoms with van der Waals surface area (Å²) in [4.78, 5) is 29.9. The van der Waals surface area contributed by atoms with E-state index < -0.39 is 18.1 Å². The standard InChI is InChI=1S/C36H34N2O5/c1-3-42-35(39)34(38-36(40)43-22-31-27-12-6-4-10-25(27)26-11-5-7-13-28(26)31)21-30-29-14-8-9-15-32(29)37-33(30)20-23-16-18-24(41-2)19-17-23/h4-19,31,34,37H,3,20-22H2,1-2H3,(H,38,40)/t34-/m0/s1. The lowest BCUT2D eigenvalue weighted by molar-refractivity contribution is -0.145. The van der Waals surface area contributed by atoms with E-state index in [1.165, 1.54) is 0 Å². The van der Waals surface area contributed by atoms with E-state index in [1.54, 1.807) is 14.0 Å². The number of benzene rings is 4. The Morgan fingerprint density at radius 2 is 1.49 bits per heavy atom. The maximum atomic E-state index is 13.2. The minimum Gasteiger partial charge on any atom is -0.497 e. The Kier molecular flexibility index (Phi) is 8.13. The zero-order valence-corrected chi connectivity index (χ0v) is 24.3. The van der Waals surface area contributed by atoms with Crippen LogP contribution in [0.15, 0.2) is 97.1 Å². The number of aromatic amines is 1. The van der Waals surface area contributed by atoms with Gasteiger partial charge in [0, 0.05) is 35.4 Å². The van der Waals surface area contributed by atoms with Crippen LogP contribution < -0.4 is 10.1 Å². The highest BCUT2D eigenvalue weighted by Gasteiger charge is 2.30. The van der Waals surface area contributed by atoms with Crippen molar-refractivity contribution in [1.82, 2.24) is 10.3 Å². The monoisotopic (exact) mass is 574 g/mol. The van der Waals surface area contributed by atoms with Gasteiger partial charge < -0.3 is 24.5 Å². The van der Waals surface area contributed by atoms with Crippen LogP contribution in [0, 0.1) is 0 Å². The molecule has 7 heteroatoms. The van der Waals surface area contributed by atoms with Crippen molar-refractivity contribution in [2.75, 3.05) is 20.3 Å². The number of H-pyrrole nitrogens is 1. The molecule has 0 fully saturated rings. The summed E-state index contributed by atoms with van der Waals surface area (Å²) in [5, 5.41) is 3.81. The van der Waals surface area contributed by atoms with Gasteiger partial charge in [-0.15, -0.1) is 0 Å². The van der Waals surface area contributed by atoms with Crippen molar-refractivity contribution in [1.29, 1.82) is 0 Å². The number of carbonyl (C=O) groups is 2. The molecule has 43 heavy (non-hydrogen) atoms. The highest BCUT2D eigenvalue weighted by Crippen LogP contribution is 2.44. The van der Waals surface area contributed by atoms with E-state index >= 15 is 0 Å². The Hall–Kier alpha value is -5.04. The number of para-hydroxylation sites is 1. The fourth-order valence-electron chi connectivity index (χ4n) is 6.01. The molecule has 6 rings (SSSR count). The molecular weight excluding hydrogens is 540 g/mol. The number of nitrogens with one attached hydrogen (secondary N) is 2. The molecule has 0 bridgehead atoms. The predicted molar refractivity (Wildman–Crippen MR) is 166 cm³/mol. The van der Waals surface area contributed by atoms with Gasteiger partial charge in [-0.1, -0.05) is 78.9 Å². The number of rotatable bonds is 10. The molecule has 0 saturated heterocycles. The number of methoxy groups -OCH3 is 1. The van der Waals surface area contributed by atoms with Crippen LogP contribution in [0.25, 0.3) is 22.0 Å². The molecule has 1 amide bonds. The lowest BCUT2D eigenvalue weighted by atomic mass is 9.98. The number of carbonyl (C=O) groups excluding carboxylic acids is 2. The van der Waals surface area contributed by atoms with Gasteiger partial charge in [0.15, 0.2) is 0 Å². The van der Waals surface area contributed by atoms with Crippen molar-refractivity contribution >= 4 is 23.0 Å². The molecule has 218 valence electrons. The Morgan fingerprint density at radius 3 is 2.16 bits per heavy atom. The second kappa shape index (κ2) is 12.4. The second-order valence-corrected chi connectivity index (χ2v) is 10.6. The molecule has 0 aliphatic heterocycles. The number of aromatic nitrogens is 1. The van der Waals surface area contributed by atoms with Crippen LogP contribution in [-0.4, -0.2) is 43.4 Å². The highest BCUT2D eigenvalue weighted by molar-refractivity contribution is 5.87. The van der Waals surface area contributed by atoms with E-state index in [4.69, 9.17) is 14.2 Å². The molecule has 0 spiro atoms. The Morgan fingerprint density at radius 1 is 0.837 bits per heavy atom. The lowest BCUT2D eigenvalue weighted by Crippen LogP contribution is -2.44. The quantitative estimate of drug-likeness (QED) is 0.180. The Balaban J connectivity index is 1.22. The van der Waals surface area contributed by atoms with Crippen molar-refractivity contribution in [2.24, 2.45) is 0 Å². The van der Waals surface area contributed by atoms with Crippen LogP contribution in [0.3, 0.4) is 0 Å². The van der Waals surface area contributed by atoms with E-state index in [9.17, 15) is 9.59 Å². The number of esters is 1. The van der Waals surface area contributed by atoms with Gasteiger partial charge in [0.2, 0.25) is 0 Å². The van der Waals surface area contributed by atoms with Gasteiger partial charge >= 0.3 is 12.1 Å². The second-order valence-electron chi connectivity index (χ2n) is 10.6. The molecule has 1 aliphatic rings. The number of ether oxygens (including phenoxy) is 3. The molecule has 4 aromatic carbocycles. The molecule has 7 nitrogen and oxygen atoms in total. The summed E-state index contributed by atoms with van der Waals surface area (Å²) in [6.07, 6.45) is 0.212. The van der Waals surface area contributed by atoms with Crippen molar-refractivity contribution in [3.63, 3.8) is 0 Å². The third-order valence-electron chi connectivity index (χ3n) is 8.06. The molecule has 2 N–H and O–H groups in total. The van der Waals surface area contributed by atoms with Gasteiger partial charge in [0.25, 0.3) is 0 Å². The maximum absolute atomic E-state index is 13.2. The van der Waals surface area contributed by atoms with Gasteiger partial charge in [-0.2, -0.15) is 0 Å². The van der Waals surface area contributed by atoms with Crippen LogP contribution in [0.5, 0.6) is 5.75 Å². The largest absolute Gasteiger partial charge is 0.497 e. The molecule has 1 atom stereocenters. The third kappa shape index (κ3) is 5.84. The number of hydrogen-bond donors (Lipinski definition) is 2. The smallest absolute Gasteiger partial charge is 0.407 e. The molecule has 0 unspecified atom stereocenters. The number of alkyl carbamates (subject to hydrolysis) is 1. The van der Waals surface area contributed by atoms with Crippen molar-refractivity contribution in [2.45, 2.75) is 31.7 Å². The Bertz CT molecular complexity index is 1710. The molecule has 1 aliphatic carbocycles. The molecule has 1 heterocycles. The fourth-order valence-corrected chi connectivity index (χ4v) is 6.01. The third-order valence-corrected chi connectivity index (χ3v) is 8.06. The van der Waals surface area contributed by atoms with Crippen LogP contribution in [0.4, 0.5) is 4.79 Å².